The fourth-order valence-corrected chi connectivity index (χ4v) is 1.99. The maximum Gasteiger partial charge on any atom is 0.416 e. The van der Waals surface area contributed by atoms with E-state index >= 15 is 0 Å². The summed E-state index contributed by atoms with van der Waals surface area (Å²) in [7, 11) is 0. The average molecular weight is 297 g/mol. The number of aromatic nitrogens is 2. The SMILES string of the molecule is Cc1ncc(Cc2cc(CO)cc(C(F)(F)F)c2)c(N)n1. The first kappa shape index (κ1) is 15.2. The van der Waals surface area contributed by atoms with Gasteiger partial charge in [-0.3, -0.25) is 0 Å². The first-order chi connectivity index (χ1) is 9.79. The van der Waals surface area contributed by atoms with Crippen LogP contribution in [0.4, 0.5) is 19.0 Å². The quantitative estimate of drug-likeness (QED) is 0.913. The standard InChI is InChI=1S/C14H14F3N3O/c1-8-19-6-11(13(18)20-8)3-9-2-10(7-21)5-12(4-9)14(15,16)17/h2,4-6,21H,3,7H2,1H3,(H2,18,19,20). The zero-order chi connectivity index (χ0) is 15.6. The molecule has 112 valence electrons. The number of nitrogens with two attached hydrogens (primary N) is 1. The van der Waals surface area contributed by atoms with E-state index in [4.69, 9.17) is 10.8 Å². The molecule has 1 aromatic carbocycles. The van der Waals surface area contributed by atoms with E-state index in [1.54, 1.807) is 6.92 Å². The molecule has 0 aliphatic heterocycles. The molecule has 0 saturated carbocycles. The number of nitrogen functional groups attached to an aromatic ring is 1. The number of hydrogen-bond acceptors (Lipinski definition) is 4. The summed E-state index contributed by atoms with van der Waals surface area (Å²) in [5.41, 5.74) is 6.09. The molecule has 1 aromatic heterocycles. The Bertz CT molecular complexity index is 656. The van der Waals surface area contributed by atoms with E-state index in [2.05, 4.69) is 9.97 Å². The van der Waals surface area contributed by atoms with Crippen molar-refractivity contribution in [3.05, 3.63) is 52.5 Å². The van der Waals surface area contributed by atoms with Crippen molar-refractivity contribution >= 4 is 5.82 Å². The molecule has 1 heterocycles. The molecule has 0 bridgehead atoms. The number of aliphatic hydroxyl groups is 1. The minimum Gasteiger partial charge on any atom is -0.392 e. The predicted molar refractivity (Wildman–Crippen MR) is 71.4 cm³/mol. The number of halogens is 3. The third-order valence-corrected chi connectivity index (χ3v) is 2.98. The van der Waals surface area contributed by atoms with Crippen LogP contribution in [-0.4, -0.2) is 15.1 Å². The highest BCUT2D eigenvalue weighted by atomic mass is 19.4. The summed E-state index contributed by atoms with van der Waals surface area (Å²) in [4.78, 5) is 7.97. The van der Waals surface area contributed by atoms with Crippen molar-refractivity contribution in [2.45, 2.75) is 26.1 Å². The van der Waals surface area contributed by atoms with Gasteiger partial charge < -0.3 is 10.8 Å². The van der Waals surface area contributed by atoms with Gasteiger partial charge in [-0.05, 0) is 30.2 Å². The molecular weight excluding hydrogens is 283 g/mol. The van der Waals surface area contributed by atoms with Gasteiger partial charge in [-0.2, -0.15) is 13.2 Å². The number of anilines is 1. The van der Waals surface area contributed by atoms with Gasteiger partial charge in [-0.25, -0.2) is 9.97 Å². The Morgan fingerprint density at radius 2 is 1.86 bits per heavy atom. The molecule has 0 atom stereocenters. The molecule has 0 spiro atoms. The van der Waals surface area contributed by atoms with Gasteiger partial charge in [-0.15, -0.1) is 0 Å². The van der Waals surface area contributed by atoms with E-state index < -0.39 is 18.3 Å². The van der Waals surface area contributed by atoms with Crippen LogP contribution in [0.2, 0.25) is 0 Å². The molecular formula is C14H14F3N3O. The van der Waals surface area contributed by atoms with Crippen LogP contribution in [0.25, 0.3) is 0 Å². The van der Waals surface area contributed by atoms with Crippen LogP contribution in [0.5, 0.6) is 0 Å². The predicted octanol–water partition coefficient (Wildman–Crippen LogP) is 2.47. The van der Waals surface area contributed by atoms with Crippen molar-refractivity contribution in [3.8, 4) is 0 Å². The fourth-order valence-electron chi connectivity index (χ4n) is 1.99. The zero-order valence-electron chi connectivity index (χ0n) is 11.3. The Labute approximate surface area is 119 Å². The van der Waals surface area contributed by atoms with Crippen molar-refractivity contribution in [2.24, 2.45) is 0 Å². The summed E-state index contributed by atoms with van der Waals surface area (Å²) in [5.74, 6) is 0.738. The first-order valence-corrected chi connectivity index (χ1v) is 6.18. The van der Waals surface area contributed by atoms with Gasteiger partial charge in [0, 0.05) is 18.2 Å². The number of nitrogens with zero attached hydrogens (tertiary/aromatic N) is 2. The maximum absolute atomic E-state index is 12.8. The lowest BCUT2D eigenvalue weighted by molar-refractivity contribution is -0.137. The lowest BCUT2D eigenvalue weighted by Gasteiger charge is -2.12. The van der Waals surface area contributed by atoms with Crippen molar-refractivity contribution in [1.82, 2.24) is 9.97 Å². The van der Waals surface area contributed by atoms with Crippen LogP contribution in [-0.2, 0) is 19.2 Å². The topological polar surface area (TPSA) is 72.0 Å². The molecule has 7 heteroatoms. The molecule has 0 amide bonds. The molecule has 0 fully saturated rings. The van der Waals surface area contributed by atoms with Crippen LogP contribution >= 0.6 is 0 Å². The molecule has 21 heavy (non-hydrogen) atoms. The Morgan fingerprint density at radius 3 is 2.43 bits per heavy atom. The van der Waals surface area contributed by atoms with Crippen molar-refractivity contribution in [3.63, 3.8) is 0 Å². The minimum atomic E-state index is -4.46. The largest absolute Gasteiger partial charge is 0.416 e. The van der Waals surface area contributed by atoms with Gasteiger partial charge >= 0.3 is 6.18 Å². The normalized spacial score (nSPS) is 11.7. The van der Waals surface area contributed by atoms with Crippen LogP contribution in [0.3, 0.4) is 0 Å². The lowest BCUT2D eigenvalue weighted by Crippen LogP contribution is -2.08. The number of aliphatic hydroxyl groups excluding tert-OH is 1. The van der Waals surface area contributed by atoms with Crippen molar-refractivity contribution < 1.29 is 18.3 Å². The molecule has 2 aromatic rings. The number of aryl methyl sites for hydroxylation is 1. The molecule has 3 N–H and O–H groups in total. The molecule has 2 rings (SSSR count). The monoisotopic (exact) mass is 297 g/mol. The molecule has 0 aliphatic rings. The molecule has 0 saturated heterocycles. The Kier molecular flexibility index (Phi) is 4.13. The summed E-state index contributed by atoms with van der Waals surface area (Å²) >= 11 is 0. The second-order valence-corrected chi connectivity index (χ2v) is 4.70. The number of rotatable bonds is 3. The van der Waals surface area contributed by atoms with E-state index in [-0.39, 0.29) is 17.8 Å². The van der Waals surface area contributed by atoms with Gasteiger partial charge in [0.15, 0.2) is 0 Å². The Balaban J connectivity index is 2.39. The van der Waals surface area contributed by atoms with E-state index in [0.29, 0.717) is 17.0 Å². The van der Waals surface area contributed by atoms with Gasteiger partial charge in [0.1, 0.15) is 11.6 Å². The van der Waals surface area contributed by atoms with E-state index in [1.807, 2.05) is 0 Å². The molecule has 0 unspecified atom stereocenters. The number of benzene rings is 1. The highest BCUT2D eigenvalue weighted by Crippen LogP contribution is 2.31. The van der Waals surface area contributed by atoms with Gasteiger partial charge in [0.25, 0.3) is 0 Å². The van der Waals surface area contributed by atoms with Crippen molar-refractivity contribution in [2.75, 3.05) is 5.73 Å². The Morgan fingerprint density at radius 1 is 1.19 bits per heavy atom. The maximum atomic E-state index is 12.8. The zero-order valence-corrected chi connectivity index (χ0v) is 11.3. The summed E-state index contributed by atoms with van der Waals surface area (Å²) in [5, 5.41) is 9.09. The van der Waals surface area contributed by atoms with Crippen LogP contribution in [0.15, 0.2) is 24.4 Å². The molecule has 4 nitrogen and oxygen atoms in total. The summed E-state index contributed by atoms with van der Waals surface area (Å²) < 4.78 is 38.5. The van der Waals surface area contributed by atoms with Crippen molar-refractivity contribution in [1.29, 1.82) is 0 Å². The second-order valence-electron chi connectivity index (χ2n) is 4.70. The third kappa shape index (κ3) is 3.69. The summed E-state index contributed by atoms with van der Waals surface area (Å²) in [6.07, 6.45) is -2.80. The molecule has 0 aliphatic carbocycles. The van der Waals surface area contributed by atoms with Gasteiger partial charge in [0.05, 0.1) is 12.2 Å². The van der Waals surface area contributed by atoms with Gasteiger partial charge in [0.2, 0.25) is 0 Å². The van der Waals surface area contributed by atoms with Crippen LogP contribution < -0.4 is 5.73 Å². The highest BCUT2D eigenvalue weighted by Gasteiger charge is 2.31. The average Bonchev–Trinajstić information content (AvgIpc) is 2.40. The Hall–Kier alpha value is -2.15. The highest BCUT2D eigenvalue weighted by molar-refractivity contribution is 5.42. The number of alkyl halides is 3. The van der Waals surface area contributed by atoms with E-state index in [1.165, 1.54) is 12.3 Å². The first-order valence-electron chi connectivity index (χ1n) is 6.18. The third-order valence-electron chi connectivity index (χ3n) is 2.98. The van der Waals surface area contributed by atoms with E-state index in [9.17, 15) is 13.2 Å². The van der Waals surface area contributed by atoms with E-state index in [0.717, 1.165) is 12.1 Å². The van der Waals surface area contributed by atoms with Gasteiger partial charge in [-0.1, -0.05) is 6.07 Å². The number of hydrogen-bond donors (Lipinski definition) is 2. The summed E-state index contributed by atoms with van der Waals surface area (Å²) in [6, 6.07) is 3.48. The fraction of sp³-hybridized carbons (Fsp3) is 0.286. The second kappa shape index (κ2) is 5.69. The van der Waals surface area contributed by atoms with Crippen LogP contribution in [0.1, 0.15) is 28.1 Å². The minimum absolute atomic E-state index is 0.170. The lowest BCUT2D eigenvalue weighted by atomic mass is 10.0. The molecule has 0 radical (unpaired) electrons. The summed E-state index contributed by atoms with van der Waals surface area (Å²) in [6.45, 7) is 1.21. The smallest absolute Gasteiger partial charge is 0.392 e. The van der Waals surface area contributed by atoms with Crippen LogP contribution in [0, 0.1) is 6.92 Å².